The number of nitrogens with zero attached hydrogens (tertiary/aromatic N) is 3. The largest absolute Gasteiger partial charge is 0.465 e. The van der Waals surface area contributed by atoms with Crippen LogP contribution in [0.2, 0.25) is 10.2 Å². The third kappa shape index (κ3) is 4.75. The standard InChI is InChI=1S/C20H19Cl2N3O4/c1-11(28-2)19-14(10-23-18-9-17(22)24-25(18)19)8-16(26)6-12-4-13(20(27)29-3)7-15(21)5-12/h4-5,7,9-11H,6,8H2,1-3H3/t11-/m0/s1. The summed E-state index contributed by atoms with van der Waals surface area (Å²) in [7, 11) is 2.87. The molecule has 0 fully saturated rings. The minimum Gasteiger partial charge on any atom is -0.465 e. The van der Waals surface area contributed by atoms with E-state index in [1.165, 1.54) is 13.2 Å². The van der Waals surface area contributed by atoms with Gasteiger partial charge in [0.05, 0.1) is 24.5 Å². The van der Waals surface area contributed by atoms with Crippen molar-refractivity contribution in [1.82, 2.24) is 14.6 Å². The van der Waals surface area contributed by atoms with E-state index >= 15 is 0 Å². The molecule has 7 nitrogen and oxygen atoms in total. The zero-order valence-corrected chi connectivity index (χ0v) is 17.6. The van der Waals surface area contributed by atoms with E-state index in [1.54, 1.807) is 36.0 Å². The Kier molecular flexibility index (Phi) is 6.52. The number of carbonyl (C=O) groups is 2. The topological polar surface area (TPSA) is 82.8 Å². The van der Waals surface area contributed by atoms with Crippen molar-refractivity contribution in [1.29, 1.82) is 0 Å². The summed E-state index contributed by atoms with van der Waals surface area (Å²) < 4.78 is 11.8. The lowest BCUT2D eigenvalue weighted by Crippen LogP contribution is -2.15. The number of benzene rings is 1. The SMILES string of the molecule is COC(=O)c1cc(Cl)cc(CC(=O)Cc2cnc3cc(Cl)nn3c2[C@H](C)OC)c1. The molecule has 152 valence electrons. The van der Waals surface area contributed by atoms with Crippen molar-refractivity contribution in [2.24, 2.45) is 0 Å². The van der Waals surface area contributed by atoms with Gasteiger partial charge in [-0.3, -0.25) is 4.79 Å². The molecule has 3 aromatic rings. The number of methoxy groups -OCH3 is 2. The summed E-state index contributed by atoms with van der Waals surface area (Å²) in [5.41, 5.74) is 2.89. The number of hydrogen-bond acceptors (Lipinski definition) is 6. The number of ether oxygens (including phenoxy) is 2. The van der Waals surface area contributed by atoms with Gasteiger partial charge in [-0.25, -0.2) is 14.3 Å². The highest BCUT2D eigenvalue weighted by Crippen LogP contribution is 2.24. The number of halogens is 2. The predicted molar refractivity (Wildman–Crippen MR) is 109 cm³/mol. The number of Topliss-reactive ketones (excluding diaryl/α,β-unsaturated/α-hetero) is 1. The summed E-state index contributed by atoms with van der Waals surface area (Å²) in [5.74, 6) is -0.588. The second-order valence-electron chi connectivity index (χ2n) is 6.52. The summed E-state index contributed by atoms with van der Waals surface area (Å²) in [5, 5.41) is 4.91. The fraction of sp³-hybridized carbons (Fsp3) is 0.300. The van der Waals surface area contributed by atoms with Crippen molar-refractivity contribution in [3.8, 4) is 0 Å². The molecule has 0 saturated carbocycles. The Bertz CT molecular complexity index is 1080. The molecule has 29 heavy (non-hydrogen) atoms. The number of aromatic nitrogens is 3. The highest BCUT2D eigenvalue weighted by Gasteiger charge is 2.20. The lowest BCUT2D eigenvalue weighted by Gasteiger charge is -2.16. The van der Waals surface area contributed by atoms with Crippen molar-refractivity contribution < 1.29 is 19.1 Å². The Labute approximate surface area is 177 Å². The highest BCUT2D eigenvalue weighted by atomic mass is 35.5. The van der Waals surface area contributed by atoms with Crippen molar-refractivity contribution in [3.63, 3.8) is 0 Å². The quantitative estimate of drug-likeness (QED) is 0.523. The van der Waals surface area contributed by atoms with E-state index in [-0.39, 0.29) is 24.7 Å². The summed E-state index contributed by atoms with van der Waals surface area (Å²) in [4.78, 5) is 28.9. The maximum absolute atomic E-state index is 12.8. The molecule has 0 N–H and O–H groups in total. The molecule has 0 amide bonds. The Morgan fingerprint density at radius 2 is 1.90 bits per heavy atom. The molecule has 0 aliphatic carbocycles. The molecule has 2 aromatic heterocycles. The smallest absolute Gasteiger partial charge is 0.337 e. The average molecular weight is 436 g/mol. The van der Waals surface area contributed by atoms with Crippen LogP contribution in [0.5, 0.6) is 0 Å². The van der Waals surface area contributed by atoms with Crippen LogP contribution in [0.25, 0.3) is 5.65 Å². The first-order valence-corrected chi connectivity index (χ1v) is 9.53. The van der Waals surface area contributed by atoms with Gasteiger partial charge in [0, 0.05) is 42.8 Å². The van der Waals surface area contributed by atoms with E-state index in [2.05, 4.69) is 10.1 Å². The predicted octanol–water partition coefficient (Wildman–Crippen LogP) is 3.88. The van der Waals surface area contributed by atoms with E-state index in [1.807, 2.05) is 6.92 Å². The van der Waals surface area contributed by atoms with Gasteiger partial charge in [0.15, 0.2) is 10.8 Å². The molecule has 0 aliphatic heterocycles. The Morgan fingerprint density at radius 1 is 1.14 bits per heavy atom. The van der Waals surface area contributed by atoms with Crippen LogP contribution in [-0.4, -0.2) is 40.6 Å². The second kappa shape index (κ2) is 8.90. The fourth-order valence-electron chi connectivity index (χ4n) is 3.13. The van der Waals surface area contributed by atoms with Crippen LogP contribution >= 0.6 is 23.2 Å². The number of ketones is 1. The molecule has 1 atom stereocenters. The third-order valence-corrected chi connectivity index (χ3v) is 4.88. The summed E-state index contributed by atoms with van der Waals surface area (Å²) >= 11 is 12.1. The van der Waals surface area contributed by atoms with Crippen LogP contribution in [0.15, 0.2) is 30.5 Å². The lowest BCUT2D eigenvalue weighted by molar-refractivity contribution is -0.117. The van der Waals surface area contributed by atoms with E-state index in [9.17, 15) is 9.59 Å². The third-order valence-electron chi connectivity index (χ3n) is 4.48. The van der Waals surface area contributed by atoms with Gasteiger partial charge in [-0.2, -0.15) is 5.10 Å². The minimum absolute atomic E-state index is 0.0768. The molecule has 0 aliphatic rings. The maximum Gasteiger partial charge on any atom is 0.337 e. The Balaban J connectivity index is 1.89. The van der Waals surface area contributed by atoms with Crippen LogP contribution in [0.4, 0.5) is 0 Å². The van der Waals surface area contributed by atoms with Crippen molar-refractivity contribution >= 4 is 40.6 Å². The van der Waals surface area contributed by atoms with E-state index in [0.717, 1.165) is 0 Å². The van der Waals surface area contributed by atoms with Gasteiger partial charge in [-0.05, 0) is 30.7 Å². The van der Waals surface area contributed by atoms with Gasteiger partial charge >= 0.3 is 5.97 Å². The number of carbonyl (C=O) groups excluding carboxylic acids is 2. The summed E-state index contributed by atoms with van der Waals surface area (Å²) in [6, 6.07) is 6.39. The highest BCUT2D eigenvalue weighted by molar-refractivity contribution is 6.31. The zero-order valence-electron chi connectivity index (χ0n) is 16.1. The van der Waals surface area contributed by atoms with Gasteiger partial charge in [0.25, 0.3) is 0 Å². The van der Waals surface area contributed by atoms with Gasteiger partial charge in [-0.1, -0.05) is 23.2 Å². The van der Waals surface area contributed by atoms with E-state index < -0.39 is 5.97 Å². The lowest BCUT2D eigenvalue weighted by atomic mass is 10.00. The first-order chi connectivity index (χ1) is 13.8. The molecule has 1 aromatic carbocycles. The van der Waals surface area contributed by atoms with Gasteiger partial charge < -0.3 is 9.47 Å². The Hall–Kier alpha value is -2.48. The number of fused-ring (bicyclic) bond motifs is 1. The second-order valence-corrected chi connectivity index (χ2v) is 7.34. The molecule has 2 heterocycles. The monoisotopic (exact) mass is 435 g/mol. The van der Waals surface area contributed by atoms with Crippen LogP contribution in [-0.2, 0) is 27.1 Å². The van der Waals surface area contributed by atoms with Gasteiger partial charge in [0.2, 0.25) is 0 Å². The maximum atomic E-state index is 12.8. The van der Waals surface area contributed by atoms with E-state index in [4.69, 9.17) is 32.7 Å². The average Bonchev–Trinajstić information content (AvgIpc) is 3.06. The first kappa shape index (κ1) is 21.2. The molecule has 0 bridgehead atoms. The van der Waals surface area contributed by atoms with Crippen molar-refractivity contribution in [3.05, 3.63) is 63.0 Å². The summed E-state index contributed by atoms with van der Waals surface area (Å²) in [6.45, 7) is 1.86. The number of hydrogen-bond donors (Lipinski definition) is 0. The molecular formula is C20H19Cl2N3O4. The van der Waals surface area contributed by atoms with Crippen LogP contribution in [0, 0.1) is 0 Å². The normalized spacial score (nSPS) is 12.2. The van der Waals surface area contributed by atoms with E-state index in [0.29, 0.717) is 38.2 Å². The zero-order chi connectivity index (χ0) is 21.1. The van der Waals surface area contributed by atoms with Gasteiger partial charge in [0.1, 0.15) is 5.78 Å². The molecule has 3 rings (SSSR count). The number of esters is 1. The minimum atomic E-state index is -0.511. The molecule has 0 saturated heterocycles. The van der Waals surface area contributed by atoms with Crippen LogP contribution < -0.4 is 0 Å². The Morgan fingerprint density at radius 3 is 2.59 bits per heavy atom. The van der Waals surface area contributed by atoms with Gasteiger partial charge in [-0.15, -0.1) is 0 Å². The molecule has 0 spiro atoms. The molecule has 9 heteroatoms. The summed E-state index contributed by atoms with van der Waals surface area (Å²) in [6.07, 6.45) is 1.53. The molecule has 0 unspecified atom stereocenters. The van der Waals surface area contributed by atoms with Crippen LogP contribution in [0.3, 0.4) is 0 Å². The number of rotatable bonds is 7. The molecular weight excluding hydrogens is 417 g/mol. The fourth-order valence-corrected chi connectivity index (χ4v) is 3.56. The van der Waals surface area contributed by atoms with Crippen LogP contribution in [0.1, 0.15) is 40.2 Å². The van der Waals surface area contributed by atoms with Crippen molar-refractivity contribution in [2.75, 3.05) is 14.2 Å². The molecule has 0 radical (unpaired) electrons. The van der Waals surface area contributed by atoms with Crippen molar-refractivity contribution in [2.45, 2.75) is 25.9 Å². The first-order valence-electron chi connectivity index (χ1n) is 8.77.